The van der Waals surface area contributed by atoms with E-state index in [1.165, 1.54) is 0 Å². The van der Waals surface area contributed by atoms with Crippen LogP contribution < -0.4 is 0 Å². The summed E-state index contributed by atoms with van der Waals surface area (Å²) in [5.41, 5.74) is 0.930. The van der Waals surface area contributed by atoms with Crippen LogP contribution in [0.4, 0.5) is 0 Å². The van der Waals surface area contributed by atoms with Gasteiger partial charge in [-0.1, -0.05) is 29.8 Å². The van der Waals surface area contributed by atoms with E-state index >= 15 is 0 Å². The molecule has 0 aliphatic heterocycles. The first-order chi connectivity index (χ1) is 7.68. The van der Waals surface area contributed by atoms with E-state index in [9.17, 15) is 5.11 Å². The van der Waals surface area contributed by atoms with Crippen LogP contribution in [0.5, 0.6) is 0 Å². The minimum Gasteiger partial charge on any atom is -0.385 e. The first-order valence-electron chi connectivity index (χ1n) is 5.07. The van der Waals surface area contributed by atoms with Crippen molar-refractivity contribution in [2.75, 3.05) is 0 Å². The standard InChI is InChI=1S/C12H13ClN2O/c1-15-7-6-14-12(15)11(16)8-9-4-2-3-5-10(9)13/h2-7,11,16H,8H2,1H3. The van der Waals surface area contributed by atoms with E-state index in [1.807, 2.05) is 42.1 Å². The van der Waals surface area contributed by atoms with Crippen molar-refractivity contribution in [2.45, 2.75) is 12.5 Å². The van der Waals surface area contributed by atoms with Crippen LogP contribution in [0, 0.1) is 0 Å². The van der Waals surface area contributed by atoms with Crippen LogP contribution in [0.25, 0.3) is 0 Å². The number of halogens is 1. The molecule has 1 N–H and O–H groups in total. The highest BCUT2D eigenvalue weighted by Crippen LogP contribution is 2.22. The molecular weight excluding hydrogens is 224 g/mol. The summed E-state index contributed by atoms with van der Waals surface area (Å²) in [5.74, 6) is 0.653. The van der Waals surface area contributed by atoms with Crippen molar-refractivity contribution in [3.63, 3.8) is 0 Å². The molecule has 1 aromatic carbocycles. The molecule has 84 valence electrons. The van der Waals surface area contributed by atoms with E-state index in [0.717, 1.165) is 5.56 Å². The van der Waals surface area contributed by atoms with Gasteiger partial charge in [0.15, 0.2) is 0 Å². The monoisotopic (exact) mass is 236 g/mol. The van der Waals surface area contributed by atoms with Gasteiger partial charge in [-0.2, -0.15) is 0 Å². The van der Waals surface area contributed by atoms with E-state index in [0.29, 0.717) is 17.3 Å². The predicted molar refractivity (Wildman–Crippen MR) is 63.3 cm³/mol. The Morgan fingerprint density at radius 3 is 2.81 bits per heavy atom. The van der Waals surface area contributed by atoms with Crippen LogP contribution in [0.15, 0.2) is 36.7 Å². The molecule has 2 aromatic rings. The zero-order chi connectivity index (χ0) is 11.5. The summed E-state index contributed by atoms with van der Waals surface area (Å²) < 4.78 is 1.81. The molecule has 1 atom stereocenters. The number of hydrogen-bond acceptors (Lipinski definition) is 2. The van der Waals surface area contributed by atoms with E-state index < -0.39 is 6.10 Å². The van der Waals surface area contributed by atoms with Crippen LogP contribution in [0.1, 0.15) is 17.5 Å². The van der Waals surface area contributed by atoms with Crippen molar-refractivity contribution in [3.8, 4) is 0 Å². The second-order valence-corrected chi connectivity index (χ2v) is 4.11. The molecule has 0 fully saturated rings. The summed E-state index contributed by atoms with van der Waals surface area (Å²) >= 11 is 6.03. The maximum atomic E-state index is 10.0. The van der Waals surface area contributed by atoms with E-state index in [4.69, 9.17) is 11.6 Å². The van der Waals surface area contributed by atoms with Gasteiger partial charge >= 0.3 is 0 Å². The first kappa shape index (κ1) is 11.2. The van der Waals surface area contributed by atoms with Gasteiger partial charge in [0.05, 0.1) is 0 Å². The van der Waals surface area contributed by atoms with Crippen LogP contribution in [-0.2, 0) is 13.5 Å². The van der Waals surface area contributed by atoms with Crippen molar-refractivity contribution >= 4 is 11.6 Å². The van der Waals surface area contributed by atoms with Gasteiger partial charge in [0.1, 0.15) is 11.9 Å². The summed E-state index contributed by atoms with van der Waals surface area (Å²) in [4.78, 5) is 4.11. The third-order valence-electron chi connectivity index (χ3n) is 2.53. The average Bonchev–Trinajstić information content (AvgIpc) is 2.68. The molecule has 16 heavy (non-hydrogen) atoms. The number of aromatic nitrogens is 2. The Balaban J connectivity index is 2.17. The second-order valence-electron chi connectivity index (χ2n) is 3.71. The average molecular weight is 237 g/mol. The molecule has 1 unspecified atom stereocenters. The highest BCUT2D eigenvalue weighted by atomic mass is 35.5. The molecule has 3 nitrogen and oxygen atoms in total. The Hall–Kier alpha value is -1.32. The lowest BCUT2D eigenvalue weighted by molar-refractivity contribution is 0.165. The summed E-state index contributed by atoms with van der Waals surface area (Å²) in [7, 11) is 1.86. The highest BCUT2D eigenvalue weighted by molar-refractivity contribution is 6.31. The topological polar surface area (TPSA) is 38.0 Å². The maximum Gasteiger partial charge on any atom is 0.137 e. The van der Waals surface area contributed by atoms with Gasteiger partial charge in [0.25, 0.3) is 0 Å². The molecule has 4 heteroatoms. The molecule has 0 amide bonds. The lowest BCUT2D eigenvalue weighted by atomic mass is 10.1. The largest absolute Gasteiger partial charge is 0.385 e. The molecule has 0 aliphatic rings. The predicted octanol–water partition coefficient (Wildman–Crippen LogP) is 2.35. The minimum absolute atomic E-state index is 0.477. The first-order valence-corrected chi connectivity index (χ1v) is 5.45. The second kappa shape index (κ2) is 4.68. The number of rotatable bonds is 3. The van der Waals surface area contributed by atoms with E-state index in [2.05, 4.69) is 4.98 Å². The minimum atomic E-state index is -0.625. The zero-order valence-electron chi connectivity index (χ0n) is 8.97. The normalized spacial score (nSPS) is 12.7. The van der Waals surface area contributed by atoms with Gasteiger partial charge in [-0.25, -0.2) is 4.98 Å². The molecular formula is C12H13ClN2O. The Bertz CT molecular complexity index is 481. The Labute approximate surface area is 99.3 Å². The van der Waals surface area contributed by atoms with Gasteiger partial charge in [-0.05, 0) is 11.6 Å². The fraction of sp³-hybridized carbons (Fsp3) is 0.250. The van der Waals surface area contributed by atoms with Crippen LogP contribution >= 0.6 is 11.6 Å². The van der Waals surface area contributed by atoms with Gasteiger partial charge in [0, 0.05) is 30.9 Å². The number of hydrogen-bond donors (Lipinski definition) is 1. The van der Waals surface area contributed by atoms with Gasteiger partial charge < -0.3 is 9.67 Å². The third-order valence-corrected chi connectivity index (χ3v) is 2.90. The quantitative estimate of drug-likeness (QED) is 0.889. The van der Waals surface area contributed by atoms with Crippen molar-refractivity contribution < 1.29 is 5.11 Å². The molecule has 0 spiro atoms. The van der Waals surface area contributed by atoms with Gasteiger partial charge in [-0.3, -0.25) is 0 Å². The summed E-state index contributed by atoms with van der Waals surface area (Å²) in [6.07, 6.45) is 3.33. The molecule has 0 bridgehead atoms. The van der Waals surface area contributed by atoms with Crippen molar-refractivity contribution in [1.29, 1.82) is 0 Å². The van der Waals surface area contributed by atoms with Gasteiger partial charge in [-0.15, -0.1) is 0 Å². The molecule has 0 radical (unpaired) electrons. The van der Waals surface area contributed by atoms with E-state index in [-0.39, 0.29) is 0 Å². The fourth-order valence-electron chi connectivity index (χ4n) is 1.66. The number of nitrogens with zero attached hydrogens (tertiary/aromatic N) is 2. The summed E-state index contributed by atoms with van der Waals surface area (Å²) in [5, 5.41) is 10.7. The van der Waals surface area contributed by atoms with Crippen molar-refractivity contribution in [3.05, 3.63) is 53.1 Å². The Morgan fingerprint density at radius 1 is 1.44 bits per heavy atom. The Morgan fingerprint density at radius 2 is 2.19 bits per heavy atom. The molecule has 0 saturated heterocycles. The maximum absolute atomic E-state index is 10.0. The molecule has 0 aliphatic carbocycles. The number of aryl methyl sites for hydroxylation is 1. The highest BCUT2D eigenvalue weighted by Gasteiger charge is 2.14. The molecule has 2 rings (SSSR count). The number of aliphatic hydroxyl groups is 1. The number of benzene rings is 1. The Kier molecular flexibility index (Phi) is 3.27. The van der Waals surface area contributed by atoms with Crippen molar-refractivity contribution in [1.82, 2.24) is 9.55 Å². The molecule has 1 heterocycles. The van der Waals surface area contributed by atoms with Crippen LogP contribution in [-0.4, -0.2) is 14.7 Å². The smallest absolute Gasteiger partial charge is 0.137 e. The van der Waals surface area contributed by atoms with Gasteiger partial charge in [0.2, 0.25) is 0 Å². The lowest BCUT2D eigenvalue weighted by Crippen LogP contribution is -2.08. The van der Waals surface area contributed by atoms with Crippen LogP contribution in [0.3, 0.4) is 0 Å². The van der Waals surface area contributed by atoms with Crippen molar-refractivity contribution in [2.24, 2.45) is 7.05 Å². The zero-order valence-corrected chi connectivity index (χ0v) is 9.72. The summed E-state index contributed by atoms with van der Waals surface area (Å²) in [6, 6.07) is 7.52. The SMILES string of the molecule is Cn1ccnc1C(O)Cc1ccccc1Cl. The lowest BCUT2D eigenvalue weighted by Gasteiger charge is -2.11. The number of imidazole rings is 1. The van der Waals surface area contributed by atoms with Crippen LogP contribution in [0.2, 0.25) is 5.02 Å². The molecule has 0 saturated carbocycles. The summed E-state index contributed by atoms with van der Waals surface area (Å²) in [6.45, 7) is 0. The van der Waals surface area contributed by atoms with E-state index in [1.54, 1.807) is 6.20 Å². The number of aliphatic hydroxyl groups excluding tert-OH is 1. The fourth-order valence-corrected chi connectivity index (χ4v) is 1.87. The third kappa shape index (κ3) is 2.26. The molecule has 1 aromatic heterocycles.